The van der Waals surface area contributed by atoms with Gasteiger partial charge in [-0.2, -0.15) is 0 Å². The predicted octanol–water partition coefficient (Wildman–Crippen LogP) is 3.04. The van der Waals surface area contributed by atoms with Gasteiger partial charge >= 0.3 is 5.97 Å². The van der Waals surface area contributed by atoms with E-state index in [1.807, 2.05) is 34.9 Å². The Kier molecular flexibility index (Phi) is 7.96. The lowest BCUT2D eigenvalue weighted by atomic mass is 9.84. The fourth-order valence-corrected chi connectivity index (χ4v) is 5.42. The Bertz CT molecular complexity index is 1080. The van der Waals surface area contributed by atoms with Crippen LogP contribution in [0, 0.1) is 25.7 Å². The summed E-state index contributed by atoms with van der Waals surface area (Å²) in [5, 5.41) is 0. The number of likely N-dealkylation sites (tertiary alicyclic amines) is 1. The van der Waals surface area contributed by atoms with Crippen molar-refractivity contribution >= 4 is 23.6 Å². The second-order valence-corrected chi connectivity index (χ2v) is 9.76. The van der Waals surface area contributed by atoms with Crippen molar-refractivity contribution in [2.24, 2.45) is 11.8 Å². The minimum Gasteiger partial charge on any atom is -0.462 e. The molecular weight excluding hydrogens is 458 g/mol. The fourth-order valence-electron chi connectivity index (χ4n) is 5.42. The maximum atomic E-state index is 13.2. The van der Waals surface area contributed by atoms with Gasteiger partial charge in [-0.3, -0.25) is 9.59 Å². The van der Waals surface area contributed by atoms with Gasteiger partial charge in [0.05, 0.1) is 12.2 Å². The summed E-state index contributed by atoms with van der Waals surface area (Å²) < 4.78 is 5.14. The number of aryl methyl sites for hydroxylation is 1. The molecule has 2 saturated heterocycles. The van der Waals surface area contributed by atoms with Gasteiger partial charge in [-0.15, -0.1) is 0 Å². The van der Waals surface area contributed by atoms with Crippen LogP contribution in [-0.2, 0) is 9.53 Å². The van der Waals surface area contributed by atoms with Crippen LogP contribution in [0.15, 0.2) is 24.4 Å². The van der Waals surface area contributed by atoms with Crippen molar-refractivity contribution in [1.29, 1.82) is 0 Å². The van der Waals surface area contributed by atoms with Crippen LogP contribution in [0.4, 0.5) is 5.82 Å². The highest BCUT2D eigenvalue weighted by atomic mass is 16.5. The summed E-state index contributed by atoms with van der Waals surface area (Å²) in [7, 11) is 0. The number of piperazine rings is 1. The minimum absolute atomic E-state index is 0.0754. The number of ether oxygens (including phenoxy) is 1. The number of nitrogens with one attached hydrogen (secondary N) is 1. The van der Waals surface area contributed by atoms with Crippen molar-refractivity contribution in [2.45, 2.75) is 40.5 Å². The van der Waals surface area contributed by atoms with Crippen molar-refractivity contribution in [3.63, 3.8) is 0 Å². The number of hydrogen-bond donors (Lipinski definition) is 1. The molecule has 0 aliphatic carbocycles. The first-order valence-electron chi connectivity index (χ1n) is 12.9. The lowest BCUT2D eigenvalue weighted by Gasteiger charge is -2.39. The quantitative estimate of drug-likeness (QED) is 0.619. The van der Waals surface area contributed by atoms with E-state index in [2.05, 4.69) is 14.9 Å². The Morgan fingerprint density at radius 2 is 1.75 bits per heavy atom. The molecule has 194 valence electrons. The average Bonchev–Trinajstić information content (AvgIpc) is 3.21. The monoisotopic (exact) mass is 495 g/mol. The minimum atomic E-state index is -0.408. The summed E-state index contributed by atoms with van der Waals surface area (Å²) in [6.07, 6.45) is 3.37. The Balaban J connectivity index is 1.30. The molecule has 2 aromatic heterocycles. The van der Waals surface area contributed by atoms with E-state index in [-0.39, 0.29) is 30.3 Å². The van der Waals surface area contributed by atoms with Crippen molar-refractivity contribution in [3.05, 3.63) is 46.9 Å². The van der Waals surface area contributed by atoms with Crippen molar-refractivity contribution in [2.75, 3.05) is 50.8 Å². The molecule has 9 heteroatoms. The van der Waals surface area contributed by atoms with E-state index in [4.69, 9.17) is 4.74 Å². The van der Waals surface area contributed by atoms with Crippen LogP contribution in [0.5, 0.6) is 0 Å². The third-order valence-electron chi connectivity index (χ3n) is 7.62. The van der Waals surface area contributed by atoms with Crippen LogP contribution < -0.4 is 4.90 Å². The number of nitrogens with zero attached hydrogens (tertiary/aromatic N) is 4. The van der Waals surface area contributed by atoms with Crippen LogP contribution in [0.3, 0.4) is 0 Å². The lowest BCUT2D eigenvalue weighted by Crippen LogP contribution is -2.51. The van der Waals surface area contributed by atoms with E-state index >= 15 is 0 Å². The number of rotatable bonds is 6. The summed E-state index contributed by atoms with van der Waals surface area (Å²) in [5.41, 5.74) is 2.17. The SMILES string of the molecule is CCOC(=O)c1c(C)[nH]c(C(=O)N2CCC([C@H](C)C(=O)N3CCN(c4ccccn4)CC3)CC2)c1C. The first-order valence-corrected chi connectivity index (χ1v) is 12.9. The van der Waals surface area contributed by atoms with E-state index in [9.17, 15) is 14.4 Å². The maximum Gasteiger partial charge on any atom is 0.340 e. The molecule has 2 aliphatic heterocycles. The Morgan fingerprint density at radius 3 is 2.36 bits per heavy atom. The highest BCUT2D eigenvalue weighted by Gasteiger charge is 2.34. The molecule has 2 aliphatic rings. The number of pyridine rings is 1. The highest BCUT2D eigenvalue weighted by Crippen LogP contribution is 2.29. The molecule has 0 saturated carbocycles. The predicted molar refractivity (Wildman–Crippen MR) is 137 cm³/mol. The van der Waals surface area contributed by atoms with Gasteiger partial charge in [0.1, 0.15) is 11.5 Å². The van der Waals surface area contributed by atoms with Gasteiger partial charge < -0.3 is 24.4 Å². The summed E-state index contributed by atoms with van der Waals surface area (Å²) in [6.45, 7) is 11.8. The molecule has 2 amide bonds. The molecule has 1 atom stereocenters. The molecule has 2 fully saturated rings. The normalized spacial score (nSPS) is 17.7. The highest BCUT2D eigenvalue weighted by molar-refractivity contribution is 6.00. The number of aromatic amines is 1. The molecule has 0 aromatic carbocycles. The second-order valence-electron chi connectivity index (χ2n) is 9.76. The van der Waals surface area contributed by atoms with Gasteiger partial charge in [-0.1, -0.05) is 13.0 Å². The molecule has 1 N–H and O–H groups in total. The molecule has 36 heavy (non-hydrogen) atoms. The van der Waals surface area contributed by atoms with E-state index in [0.29, 0.717) is 48.7 Å². The van der Waals surface area contributed by atoms with E-state index < -0.39 is 5.97 Å². The first kappa shape index (κ1) is 25.7. The molecule has 2 aromatic rings. The summed E-state index contributed by atoms with van der Waals surface area (Å²) in [4.78, 5) is 52.3. The Hall–Kier alpha value is -3.36. The van der Waals surface area contributed by atoms with Crippen LogP contribution in [0.1, 0.15) is 58.8 Å². The smallest absolute Gasteiger partial charge is 0.340 e. The van der Waals surface area contributed by atoms with Crippen molar-refractivity contribution < 1.29 is 19.1 Å². The fraction of sp³-hybridized carbons (Fsp3) is 0.556. The molecule has 0 radical (unpaired) electrons. The van der Waals surface area contributed by atoms with Gasteiger partial charge in [0, 0.05) is 57.1 Å². The molecule has 0 unspecified atom stereocenters. The summed E-state index contributed by atoms with van der Waals surface area (Å²) in [6, 6.07) is 5.89. The van der Waals surface area contributed by atoms with Crippen molar-refractivity contribution in [3.8, 4) is 0 Å². The van der Waals surface area contributed by atoms with Crippen molar-refractivity contribution in [1.82, 2.24) is 19.8 Å². The third kappa shape index (κ3) is 5.24. The maximum absolute atomic E-state index is 13.2. The van der Waals surface area contributed by atoms with E-state index in [1.54, 1.807) is 27.0 Å². The second kappa shape index (κ2) is 11.1. The molecule has 4 rings (SSSR count). The molecule has 0 spiro atoms. The number of anilines is 1. The first-order chi connectivity index (χ1) is 17.3. The number of carbonyl (C=O) groups excluding carboxylic acids is 3. The van der Waals surface area contributed by atoms with Gasteiger partial charge in [0.25, 0.3) is 5.91 Å². The molecular formula is C27H37N5O4. The average molecular weight is 496 g/mol. The largest absolute Gasteiger partial charge is 0.462 e. The zero-order valence-corrected chi connectivity index (χ0v) is 21.7. The number of amides is 2. The van der Waals surface area contributed by atoms with Gasteiger partial charge in [-0.25, -0.2) is 9.78 Å². The summed E-state index contributed by atoms with van der Waals surface area (Å²) in [5.74, 6) is 0.821. The lowest BCUT2D eigenvalue weighted by molar-refractivity contribution is -0.137. The molecule has 0 bridgehead atoms. The summed E-state index contributed by atoms with van der Waals surface area (Å²) >= 11 is 0. The number of aromatic nitrogens is 2. The van der Waals surface area contributed by atoms with Crippen LogP contribution >= 0.6 is 0 Å². The van der Waals surface area contributed by atoms with Crippen LogP contribution in [0.2, 0.25) is 0 Å². The van der Waals surface area contributed by atoms with E-state index in [1.165, 1.54) is 0 Å². The van der Waals surface area contributed by atoms with Gasteiger partial charge in [-0.05, 0) is 57.2 Å². The molecule has 4 heterocycles. The third-order valence-corrected chi connectivity index (χ3v) is 7.62. The number of carbonyl (C=O) groups is 3. The number of hydrogen-bond acceptors (Lipinski definition) is 6. The Labute approximate surface area is 212 Å². The van der Waals surface area contributed by atoms with Gasteiger partial charge in [0.15, 0.2) is 0 Å². The zero-order valence-electron chi connectivity index (χ0n) is 21.7. The zero-order chi connectivity index (χ0) is 25.8. The van der Waals surface area contributed by atoms with E-state index in [0.717, 1.165) is 31.7 Å². The van der Waals surface area contributed by atoms with Gasteiger partial charge in [0.2, 0.25) is 5.91 Å². The Morgan fingerprint density at radius 1 is 1.06 bits per heavy atom. The number of esters is 1. The van der Waals surface area contributed by atoms with Crippen LogP contribution in [-0.4, -0.2) is 83.4 Å². The number of piperidine rings is 1. The number of H-pyrrole nitrogens is 1. The molecule has 9 nitrogen and oxygen atoms in total. The standard InChI is InChI=1S/C27H37N5O4/c1-5-36-27(35)23-19(3)24(29-20(23)4)26(34)31-12-9-21(10-13-31)18(2)25(33)32-16-14-30(15-17-32)22-8-6-7-11-28-22/h6-8,11,18,21,29H,5,9-10,12-17H2,1-4H3/t18-/m0/s1. The topological polar surface area (TPSA) is 98.8 Å². The van der Waals surface area contributed by atoms with Crippen LogP contribution in [0.25, 0.3) is 0 Å².